The molecular formula is C13H16O. The van der Waals surface area contributed by atoms with Crippen molar-refractivity contribution in [2.24, 2.45) is 5.92 Å². The van der Waals surface area contributed by atoms with Crippen LogP contribution in [0.5, 0.6) is 0 Å². The van der Waals surface area contributed by atoms with Crippen LogP contribution in [-0.4, -0.2) is 12.7 Å². The molecule has 0 aromatic carbocycles. The Morgan fingerprint density at radius 2 is 2.36 bits per heavy atom. The van der Waals surface area contributed by atoms with Gasteiger partial charge in [0.25, 0.3) is 0 Å². The summed E-state index contributed by atoms with van der Waals surface area (Å²) in [6.07, 6.45) is 15.3. The number of hydrogen-bond donors (Lipinski definition) is 0. The van der Waals surface area contributed by atoms with Gasteiger partial charge in [0.2, 0.25) is 0 Å². The van der Waals surface area contributed by atoms with Crippen LogP contribution < -0.4 is 0 Å². The fourth-order valence-corrected chi connectivity index (χ4v) is 1.90. The lowest BCUT2D eigenvalue weighted by molar-refractivity contribution is 0.145. The van der Waals surface area contributed by atoms with E-state index in [1.54, 1.807) is 0 Å². The van der Waals surface area contributed by atoms with Gasteiger partial charge in [-0.2, -0.15) is 0 Å². The van der Waals surface area contributed by atoms with Crippen molar-refractivity contribution in [3.8, 4) is 0 Å². The van der Waals surface area contributed by atoms with Crippen LogP contribution in [0, 0.1) is 5.92 Å². The highest BCUT2D eigenvalue weighted by atomic mass is 16.5. The summed E-state index contributed by atoms with van der Waals surface area (Å²) in [5.41, 5.74) is 1.31. The Balaban J connectivity index is 2.10. The third-order valence-electron chi connectivity index (χ3n) is 2.70. The van der Waals surface area contributed by atoms with E-state index in [0.717, 1.165) is 13.0 Å². The normalized spacial score (nSPS) is 33.9. The Bertz CT molecular complexity index is 290. The molecule has 1 aliphatic heterocycles. The molecule has 14 heavy (non-hydrogen) atoms. The van der Waals surface area contributed by atoms with Gasteiger partial charge in [0, 0.05) is 12.5 Å². The maximum atomic E-state index is 5.58. The molecule has 2 rings (SSSR count). The summed E-state index contributed by atoms with van der Waals surface area (Å²) in [5.74, 6) is 0.365. The van der Waals surface area contributed by atoms with Crippen molar-refractivity contribution in [2.45, 2.75) is 18.9 Å². The van der Waals surface area contributed by atoms with Crippen LogP contribution in [0.25, 0.3) is 0 Å². The zero-order valence-electron chi connectivity index (χ0n) is 8.36. The molecule has 1 heteroatoms. The molecule has 1 aliphatic carbocycles. The molecule has 0 aromatic heterocycles. The summed E-state index contributed by atoms with van der Waals surface area (Å²) >= 11 is 0. The van der Waals surface area contributed by atoms with Gasteiger partial charge in [0.15, 0.2) is 0 Å². The van der Waals surface area contributed by atoms with Crippen molar-refractivity contribution < 1.29 is 4.74 Å². The fraction of sp³-hybridized carbons (Fsp3) is 0.385. The molecule has 1 nitrogen and oxygen atoms in total. The molecule has 0 aromatic rings. The summed E-state index contributed by atoms with van der Waals surface area (Å²) < 4.78 is 5.58. The van der Waals surface area contributed by atoms with Gasteiger partial charge in [-0.15, -0.1) is 6.58 Å². The molecule has 0 N–H and O–H groups in total. The Morgan fingerprint density at radius 3 is 3.07 bits per heavy atom. The molecule has 0 saturated carbocycles. The van der Waals surface area contributed by atoms with Crippen molar-refractivity contribution in [1.82, 2.24) is 0 Å². The highest BCUT2D eigenvalue weighted by Gasteiger charge is 2.15. The molecule has 74 valence electrons. The van der Waals surface area contributed by atoms with Gasteiger partial charge < -0.3 is 4.74 Å². The summed E-state index contributed by atoms with van der Waals surface area (Å²) in [6, 6.07) is 0. The first kappa shape index (κ1) is 9.47. The second-order valence-corrected chi connectivity index (χ2v) is 3.72. The third-order valence-corrected chi connectivity index (χ3v) is 2.70. The summed E-state index contributed by atoms with van der Waals surface area (Å²) in [6.45, 7) is 4.75. The van der Waals surface area contributed by atoms with E-state index in [4.69, 9.17) is 4.74 Å². The monoisotopic (exact) mass is 188 g/mol. The zero-order chi connectivity index (χ0) is 9.80. The second kappa shape index (κ2) is 4.43. The molecule has 2 atom stereocenters. The SMILES string of the molecule is C=CC1C=CC=CC1=CC1CCCO1. The molecule has 0 radical (unpaired) electrons. The van der Waals surface area contributed by atoms with Gasteiger partial charge >= 0.3 is 0 Å². The molecule has 2 aliphatic rings. The van der Waals surface area contributed by atoms with Crippen molar-refractivity contribution in [3.63, 3.8) is 0 Å². The van der Waals surface area contributed by atoms with Gasteiger partial charge in [0.05, 0.1) is 6.10 Å². The van der Waals surface area contributed by atoms with Crippen LogP contribution in [0.3, 0.4) is 0 Å². The average molecular weight is 188 g/mol. The minimum absolute atomic E-state index is 0.323. The van der Waals surface area contributed by atoms with Crippen LogP contribution in [0.15, 0.2) is 48.6 Å². The van der Waals surface area contributed by atoms with Crippen molar-refractivity contribution in [3.05, 3.63) is 48.6 Å². The van der Waals surface area contributed by atoms with Crippen LogP contribution in [-0.2, 0) is 4.74 Å². The summed E-state index contributed by atoms with van der Waals surface area (Å²) in [5, 5.41) is 0. The van der Waals surface area contributed by atoms with Crippen LogP contribution in [0.4, 0.5) is 0 Å². The minimum atomic E-state index is 0.323. The van der Waals surface area contributed by atoms with Crippen LogP contribution in [0.2, 0.25) is 0 Å². The van der Waals surface area contributed by atoms with Gasteiger partial charge in [-0.3, -0.25) is 0 Å². The van der Waals surface area contributed by atoms with Gasteiger partial charge in [-0.1, -0.05) is 36.5 Å². The second-order valence-electron chi connectivity index (χ2n) is 3.72. The largest absolute Gasteiger partial charge is 0.374 e. The van der Waals surface area contributed by atoms with Gasteiger partial charge in [0.1, 0.15) is 0 Å². The molecule has 1 fully saturated rings. The Kier molecular flexibility index (Phi) is 3.00. The van der Waals surface area contributed by atoms with E-state index in [0.29, 0.717) is 12.0 Å². The van der Waals surface area contributed by atoms with Crippen LogP contribution >= 0.6 is 0 Å². The molecular weight excluding hydrogens is 172 g/mol. The predicted molar refractivity (Wildman–Crippen MR) is 59.0 cm³/mol. The smallest absolute Gasteiger partial charge is 0.0762 e. The highest BCUT2D eigenvalue weighted by Crippen LogP contribution is 2.23. The topological polar surface area (TPSA) is 9.23 Å². The number of ether oxygens (including phenoxy) is 1. The van der Waals surface area contributed by atoms with Gasteiger partial charge in [-0.05, 0) is 18.4 Å². The lowest BCUT2D eigenvalue weighted by atomic mass is 9.93. The Hall–Kier alpha value is -1.08. The fourth-order valence-electron chi connectivity index (χ4n) is 1.90. The maximum Gasteiger partial charge on any atom is 0.0762 e. The van der Waals surface area contributed by atoms with Crippen molar-refractivity contribution in [1.29, 1.82) is 0 Å². The average Bonchev–Trinajstić information content (AvgIpc) is 2.71. The lowest BCUT2D eigenvalue weighted by Gasteiger charge is -2.14. The number of hydrogen-bond acceptors (Lipinski definition) is 1. The first-order valence-corrected chi connectivity index (χ1v) is 5.21. The summed E-state index contributed by atoms with van der Waals surface area (Å²) in [7, 11) is 0. The quantitative estimate of drug-likeness (QED) is 0.605. The van der Waals surface area contributed by atoms with Crippen molar-refractivity contribution in [2.75, 3.05) is 6.61 Å². The highest BCUT2D eigenvalue weighted by molar-refractivity contribution is 5.36. The molecule has 0 spiro atoms. The predicted octanol–water partition coefficient (Wildman–Crippen LogP) is 3.02. The molecule has 0 bridgehead atoms. The maximum absolute atomic E-state index is 5.58. The molecule has 2 unspecified atom stereocenters. The lowest BCUT2D eigenvalue weighted by Crippen LogP contribution is -2.05. The Labute approximate surface area is 85.5 Å². The van der Waals surface area contributed by atoms with Crippen LogP contribution in [0.1, 0.15) is 12.8 Å². The molecule has 1 saturated heterocycles. The Morgan fingerprint density at radius 1 is 1.43 bits per heavy atom. The van der Waals surface area contributed by atoms with E-state index < -0.39 is 0 Å². The van der Waals surface area contributed by atoms with E-state index in [1.165, 1.54) is 12.0 Å². The van der Waals surface area contributed by atoms with E-state index >= 15 is 0 Å². The number of rotatable bonds is 2. The third kappa shape index (κ3) is 2.05. The minimum Gasteiger partial charge on any atom is -0.374 e. The first-order valence-electron chi connectivity index (χ1n) is 5.21. The van der Waals surface area contributed by atoms with Gasteiger partial charge in [-0.25, -0.2) is 0 Å². The van der Waals surface area contributed by atoms with E-state index in [9.17, 15) is 0 Å². The molecule has 1 heterocycles. The first-order chi connectivity index (χ1) is 6.90. The standard InChI is InChI=1S/C13H16O/c1-2-11-6-3-4-7-12(11)10-13-8-5-9-14-13/h2-4,6-7,10-11,13H,1,5,8-9H2. The van der Waals surface area contributed by atoms with E-state index in [-0.39, 0.29) is 0 Å². The van der Waals surface area contributed by atoms with E-state index in [2.05, 4.69) is 37.0 Å². The van der Waals surface area contributed by atoms with E-state index in [1.807, 2.05) is 6.08 Å². The number of allylic oxidation sites excluding steroid dienone is 6. The zero-order valence-corrected chi connectivity index (χ0v) is 8.36. The van der Waals surface area contributed by atoms with Crippen molar-refractivity contribution >= 4 is 0 Å². The summed E-state index contributed by atoms with van der Waals surface area (Å²) in [4.78, 5) is 0. The molecule has 0 amide bonds.